The zero-order chi connectivity index (χ0) is 9.14. The maximum absolute atomic E-state index is 10.5. The number of nitrogens with one attached hydrogen (secondary N) is 1. The Kier molecular flexibility index (Phi) is 2.21. The molecule has 0 bridgehead atoms. The van der Waals surface area contributed by atoms with E-state index in [-0.39, 0.29) is 15.8 Å². The second kappa shape index (κ2) is 3.15. The first-order chi connectivity index (χ1) is 5.65. The number of rotatable bonds is 1. The summed E-state index contributed by atoms with van der Waals surface area (Å²) in [4.78, 5) is 13.0. The van der Waals surface area contributed by atoms with Crippen LogP contribution in [0.25, 0.3) is 0 Å². The Balaban J connectivity index is 3.33. The molecular weight excluding hydrogens is 176 g/mol. The summed E-state index contributed by atoms with van der Waals surface area (Å²) in [6.45, 7) is 0. The third kappa shape index (κ3) is 1.49. The predicted octanol–water partition coefficient (Wildman–Crippen LogP) is 1.31. The van der Waals surface area contributed by atoms with Crippen LogP contribution < -0.4 is 0 Å². The average Bonchev–Trinajstić information content (AvgIpc) is 2.03. The minimum absolute atomic E-state index is 0.00370. The summed E-state index contributed by atoms with van der Waals surface area (Å²) >= 11 is 4.73. The average molecular weight is 180 g/mol. The second-order valence-electron chi connectivity index (χ2n) is 2.04. The van der Waals surface area contributed by atoms with E-state index >= 15 is 0 Å². The largest absolute Gasteiger partial charge is 0.478 e. The Labute approximate surface area is 73.1 Å². The van der Waals surface area contributed by atoms with Gasteiger partial charge in [-0.3, -0.25) is 0 Å². The van der Waals surface area contributed by atoms with E-state index in [0.717, 1.165) is 0 Å². The summed E-state index contributed by atoms with van der Waals surface area (Å²) in [6, 6.07) is 3.14. The minimum atomic E-state index is -1.10. The van der Waals surface area contributed by atoms with Gasteiger partial charge in [0.2, 0.25) is 0 Å². The maximum atomic E-state index is 10.5. The summed E-state index contributed by atoms with van der Waals surface area (Å²) in [5, 5.41) is 17.0. The molecule has 2 N–H and O–H groups in total. The molecule has 0 spiro atoms. The van der Waals surface area contributed by atoms with Gasteiger partial charge in [-0.1, -0.05) is 12.2 Å². The van der Waals surface area contributed by atoms with Crippen molar-refractivity contribution < 1.29 is 9.90 Å². The van der Waals surface area contributed by atoms with Gasteiger partial charge in [0, 0.05) is 6.20 Å². The molecule has 0 fully saturated rings. The molecule has 0 aliphatic heterocycles. The van der Waals surface area contributed by atoms with Crippen molar-refractivity contribution in [3.8, 4) is 6.07 Å². The number of carboxylic acids is 1. The van der Waals surface area contributed by atoms with Gasteiger partial charge in [-0.25, -0.2) is 4.79 Å². The van der Waals surface area contributed by atoms with E-state index in [9.17, 15) is 4.79 Å². The van der Waals surface area contributed by atoms with Gasteiger partial charge in [0.05, 0.1) is 10.1 Å². The van der Waals surface area contributed by atoms with Gasteiger partial charge in [0.25, 0.3) is 0 Å². The number of H-pyrrole nitrogens is 1. The van der Waals surface area contributed by atoms with Crippen LogP contribution in [-0.4, -0.2) is 16.1 Å². The molecule has 0 aromatic carbocycles. The number of hydrogen-bond donors (Lipinski definition) is 2. The third-order valence-corrected chi connectivity index (χ3v) is 1.60. The van der Waals surface area contributed by atoms with Crippen LogP contribution in [0.15, 0.2) is 12.3 Å². The van der Waals surface area contributed by atoms with Crippen molar-refractivity contribution in [2.75, 3.05) is 0 Å². The summed E-state index contributed by atoms with van der Waals surface area (Å²) in [5.41, 5.74) is 0.258. The number of carbonyl (C=O) groups is 1. The van der Waals surface area contributed by atoms with Gasteiger partial charge < -0.3 is 10.1 Å². The van der Waals surface area contributed by atoms with Crippen molar-refractivity contribution in [2.45, 2.75) is 0 Å². The molecule has 0 atom stereocenters. The molecule has 1 rings (SSSR count). The van der Waals surface area contributed by atoms with E-state index in [1.165, 1.54) is 12.3 Å². The van der Waals surface area contributed by atoms with Crippen LogP contribution in [0.3, 0.4) is 0 Å². The van der Waals surface area contributed by atoms with E-state index in [4.69, 9.17) is 22.6 Å². The predicted molar refractivity (Wildman–Crippen MR) is 43.3 cm³/mol. The lowest BCUT2D eigenvalue weighted by Crippen LogP contribution is -1.98. The number of aromatic carboxylic acids is 1. The van der Waals surface area contributed by atoms with Crippen LogP contribution in [0, 0.1) is 15.8 Å². The van der Waals surface area contributed by atoms with Crippen LogP contribution in [0.2, 0.25) is 0 Å². The normalized spacial score (nSPS) is 8.92. The monoisotopic (exact) mass is 180 g/mol. The molecule has 0 saturated carbocycles. The molecule has 12 heavy (non-hydrogen) atoms. The first-order valence-electron chi connectivity index (χ1n) is 3.01. The number of hydrogen-bond acceptors (Lipinski definition) is 3. The fraction of sp³-hybridized carbons (Fsp3) is 0. The van der Waals surface area contributed by atoms with Gasteiger partial charge in [0.15, 0.2) is 0 Å². The minimum Gasteiger partial charge on any atom is -0.478 e. The smallest absolute Gasteiger partial charge is 0.338 e. The summed E-state index contributed by atoms with van der Waals surface area (Å²) < 4.78 is 0.165. The number of carboxylic acid groups (broad SMARTS) is 1. The lowest BCUT2D eigenvalue weighted by atomic mass is 10.2. The van der Waals surface area contributed by atoms with Crippen LogP contribution in [-0.2, 0) is 0 Å². The third-order valence-electron chi connectivity index (χ3n) is 1.26. The molecule has 0 saturated heterocycles. The molecule has 1 aromatic rings. The fourth-order valence-corrected chi connectivity index (χ4v) is 0.967. The number of aromatic nitrogens is 1. The zero-order valence-corrected chi connectivity index (χ0v) is 6.68. The molecule has 0 amide bonds. The molecule has 5 heteroatoms. The quantitative estimate of drug-likeness (QED) is 0.639. The molecule has 0 aliphatic carbocycles. The Morgan fingerprint density at radius 3 is 2.83 bits per heavy atom. The highest BCUT2D eigenvalue weighted by atomic mass is 32.1. The van der Waals surface area contributed by atoms with Crippen molar-refractivity contribution in [2.24, 2.45) is 0 Å². The van der Waals surface area contributed by atoms with E-state index in [1.54, 1.807) is 0 Å². The molecule has 0 unspecified atom stereocenters. The first kappa shape index (κ1) is 8.43. The van der Waals surface area contributed by atoms with Crippen molar-refractivity contribution in [3.63, 3.8) is 0 Å². The zero-order valence-electron chi connectivity index (χ0n) is 5.87. The van der Waals surface area contributed by atoms with E-state index < -0.39 is 5.97 Å². The van der Waals surface area contributed by atoms with Crippen molar-refractivity contribution >= 4 is 18.2 Å². The van der Waals surface area contributed by atoms with Gasteiger partial charge in [-0.05, 0) is 6.07 Å². The fourth-order valence-electron chi connectivity index (χ4n) is 0.703. The SMILES string of the molecule is N#Cc1cc(=S)c(C(=O)O)c[nH]1. The van der Waals surface area contributed by atoms with E-state index in [2.05, 4.69) is 4.98 Å². The van der Waals surface area contributed by atoms with Crippen molar-refractivity contribution in [3.05, 3.63) is 28.0 Å². The highest BCUT2D eigenvalue weighted by Crippen LogP contribution is 2.02. The number of aromatic amines is 1. The Bertz CT molecular complexity index is 416. The lowest BCUT2D eigenvalue weighted by Gasteiger charge is -1.93. The number of nitriles is 1. The second-order valence-corrected chi connectivity index (χ2v) is 2.48. The van der Waals surface area contributed by atoms with Gasteiger partial charge in [-0.2, -0.15) is 5.26 Å². The number of nitrogens with zero attached hydrogens (tertiary/aromatic N) is 1. The van der Waals surface area contributed by atoms with Crippen molar-refractivity contribution in [1.29, 1.82) is 5.26 Å². The summed E-state index contributed by atoms with van der Waals surface area (Å²) in [7, 11) is 0. The molecule has 0 aliphatic rings. The molecule has 1 heterocycles. The van der Waals surface area contributed by atoms with Crippen molar-refractivity contribution in [1.82, 2.24) is 4.98 Å². The molecule has 1 aromatic heterocycles. The Hall–Kier alpha value is -1.67. The van der Waals surface area contributed by atoms with Crippen LogP contribution in [0.4, 0.5) is 0 Å². The molecule has 60 valence electrons. The summed E-state index contributed by atoms with van der Waals surface area (Å²) in [6.07, 6.45) is 1.21. The molecular formula is C7H4N2O2S. The van der Waals surface area contributed by atoms with E-state index in [0.29, 0.717) is 0 Å². The maximum Gasteiger partial charge on any atom is 0.338 e. The highest BCUT2D eigenvalue weighted by molar-refractivity contribution is 7.71. The molecule has 4 nitrogen and oxygen atoms in total. The Morgan fingerprint density at radius 1 is 1.75 bits per heavy atom. The van der Waals surface area contributed by atoms with Crippen LogP contribution >= 0.6 is 12.2 Å². The summed E-state index contributed by atoms with van der Waals surface area (Å²) in [5.74, 6) is -1.10. The lowest BCUT2D eigenvalue weighted by molar-refractivity contribution is 0.0696. The highest BCUT2D eigenvalue weighted by Gasteiger charge is 2.04. The first-order valence-corrected chi connectivity index (χ1v) is 3.42. The van der Waals surface area contributed by atoms with Gasteiger partial charge in [-0.15, -0.1) is 0 Å². The van der Waals surface area contributed by atoms with Gasteiger partial charge >= 0.3 is 5.97 Å². The van der Waals surface area contributed by atoms with E-state index in [1.807, 2.05) is 6.07 Å². The molecule has 0 radical (unpaired) electrons. The van der Waals surface area contributed by atoms with Crippen LogP contribution in [0.1, 0.15) is 16.1 Å². The van der Waals surface area contributed by atoms with Gasteiger partial charge in [0.1, 0.15) is 11.8 Å². The van der Waals surface area contributed by atoms with Crippen LogP contribution in [0.5, 0.6) is 0 Å². The number of pyridine rings is 1. The topological polar surface area (TPSA) is 76.9 Å². The Morgan fingerprint density at radius 2 is 2.42 bits per heavy atom. The standard InChI is InChI=1S/C7H4N2O2S/c8-2-4-1-6(12)5(3-9-4)7(10)11/h1,3H,(H,9,12)(H,10,11).